The van der Waals surface area contributed by atoms with Crippen LogP contribution in [0, 0.1) is 11.8 Å². The highest BCUT2D eigenvalue weighted by Crippen LogP contribution is 2.49. The van der Waals surface area contributed by atoms with E-state index in [-0.39, 0.29) is 11.8 Å². The fraction of sp³-hybridized carbons (Fsp3) is 0.571. The van der Waals surface area contributed by atoms with Crippen LogP contribution in [0.5, 0.6) is 5.75 Å². The first-order valence-electron chi connectivity index (χ1n) is 6.50. The van der Waals surface area contributed by atoms with Crippen LogP contribution in [0.15, 0.2) is 29.2 Å². The van der Waals surface area contributed by atoms with Crippen LogP contribution in [0.4, 0.5) is 0 Å². The van der Waals surface area contributed by atoms with Gasteiger partial charge in [-0.1, -0.05) is 39.5 Å². The molecule has 0 spiro atoms. The quantitative estimate of drug-likeness (QED) is 0.457. The zero-order valence-corrected chi connectivity index (χ0v) is 14.2. The van der Waals surface area contributed by atoms with E-state index in [1.54, 1.807) is 7.11 Å². The van der Waals surface area contributed by atoms with Crippen molar-refractivity contribution in [3.05, 3.63) is 24.3 Å². The monoisotopic (exact) mass is 317 g/mol. The first kappa shape index (κ1) is 17.4. The Morgan fingerprint density at radius 2 is 1.65 bits per heavy atom. The number of thioether (sulfide) groups is 1. The third kappa shape index (κ3) is 4.19. The standard InChI is InChI=1S/C14H21O4PS/c1-10(2)14(11(3)4,18-19(15)16)20-13-8-6-12(17-5)7-9-13/h6-11H,1-5H3/p+1. The maximum absolute atomic E-state index is 11.2. The Bertz CT molecular complexity index is 437. The van der Waals surface area contributed by atoms with Gasteiger partial charge in [0.2, 0.25) is 0 Å². The van der Waals surface area contributed by atoms with E-state index in [0.717, 1.165) is 10.6 Å². The minimum Gasteiger partial charge on any atom is -0.497 e. The molecule has 0 bridgehead atoms. The van der Waals surface area contributed by atoms with Gasteiger partial charge in [-0.2, -0.15) is 0 Å². The van der Waals surface area contributed by atoms with Gasteiger partial charge in [0.1, 0.15) is 5.75 Å². The Kier molecular flexibility index (Phi) is 6.46. The lowest BCUT2D eigenvalue weighted by molar-refractivity contribution is 0.0651. The molecular weight excluding hydrogens is 295 g/mol. The second kappa shape index (κ2) is 7.41. The summed E-state index contributed by atoms with van der Waals surface area (Å²) in [6, 6.07) is 7.59. The van der Waals surface area contributed by atoms with Gasteiger partial charge in [0, 0.05) is 9.46 Å². The Morgan fingerprint density at radius 1 is 1.15 bits per heavy atom. The van der Waals surface area contributed by atoms with Crippen LogP contribution in [0.1, 0.15) is 27.7 Å². The molecule has 0 heterocycles. The van der Waals surface area contributed by atoms with Crippen LogP contribution in [0.2, 0.25) is 0 Å². The molecule has 0 aromatic heterocycles. The first-order chi connectivity index (χ1) is 9.31. The molecule has 0 saturated carbocycles. The van der Waals surface area contributed by atoms with Crippen LogP contribution in [0.3, 0.4) is 0 Å². The molecule has 20 heavy (non-hydrogen) atoms. The third-order valence-electron chi connectivity index (χ3n) is 3.17. The SMILES string of the molecule is COc1ccc(SC(O[P+](=O)O)(C(C)C)C(C)C)cc1. The second-order valence-corrected chi connectivity index (χ2v) is 7.11. The van der Waals surface area contributed by atoms with Crippen molar-refractivity contribution in [3.8, 4) is 5.75 Å². The highest BCUT2D eigenvalue weighted by atomic mass is 32.2. The molecule has 1 aromatic rings. The molecule has 0 radical (unpaired) electrons. The van der Waals surface area contributed by atoms with Crippen LogP contribution < -0.4 is 4.74 Å². The van der Waals surface area contributed by atoms with Crippen molar-refractivity contribution < 1.29 is 18.7 Å². The fourth-order valence-corrected chi connectivity index (χ4v) is 4.20. The highest BCUT2D eigenvalue weighted by molar-refractivity contribution is 8.00. The molecule has 1 unspecified atom stereocenters. The molecule has 0 aliphatic rings. The predicted molar refractivity (Wildman–Crippen MR) is 82.2 cm³/mol. The van der Waals surface area contributed by atoms with Crippen molar-refractivity contribution in [2.45, 2.75) is 37.5 Å². The maximum atomic E-state index is 11.2. The maximum Gasteiger partial charge on any atom is 0.696 e. The van der Waals surface area contributed by atoms with Crippen molar-refractivity contribution >= 4 is 20.0 Å². The van der Waals surface area contributed by atoms with E-state index in [2.05, 4.69) is 0 Å². The lowest BCUT2D eigenvalue weighted by Gasteiger charge is -2.34. The molecule has 1 aromatic carbocycles. The second-order valence-electron chi connectivity index (χ2n) is 5.14. The van der Waals surface area contributed by atoms with Gasteiger partial charge in [-0.05, 0) is 36.1 Å². The number of benzene rings is 1. The van der Waals surface area contributed by atoms with Gasteiger partial charge in [0.25, 0.3) is 0 Å². The summed E-state index contributed by atoms with van der Waals surface area (Å²) in [4.78, 5) is 9.44. The molecule has 1 rings (SSSR count). The number of methoxy groups -OCH3 is 1. The Labute approximate surface area is 125 Å². The molecule has 112 valence electrons. The van der Waals surface area contributed by atoms with Crippen molar-refractivity contribution in [1.82, 2.24) is 0 Å². The van der Waals surface area contributed by atoms with Crippen LogP contribution in [0.25, 0.3) is 0 Å². The van der Waals surface area contributed by atoms with E-state index in [1.165, 1.54) is 11.8 Å². The first-order valence-corrected chi connectivity index (χ1v) is 8.44. The van der Waals surface area contributed by atoms with E-state index in [9.17, 15) is 9.46 Å². The van der Waals surface area contributed by atoms with E-state index in [4.69, 9.17) is 9.26 Å². The van der Waals surface area contributed by atoms with E-state index < -0.39 is 13.2 Å². The van der Waals surface area contributed by atoms with Gasteiger partial charge in [-0.25, -0.2) is 0 Å². The summed E-state index contributed by atoms with van der Waals surface area (Å²) >= 11 is 1.48. The van der Waals surface area contributed by atoms with Gasteiger partial charge in [0.15, 0.2) is 4.93 Å². The molecule has 0 aliphatic carbocycles. The van der Waals surface area contributed by atoms with Gasteiger partial charge >= 0.3 is 8.25 Å². The summed E-state index contributed by atoms with van der Waals surface area (Å²) in [6.07, 6.45) is 0. The molecule has 0 saturated heterocycles. The number of hydrogen-bond donors (Lipinski definition) is 1. The van der Waals surface area contributed by atoms with E-state index in [0.29, 0.717) is 0 Å². The van der Waals surface area contributed by atoms with Crippen molar-refractivity contribution in [2.75, 3.05) is 7.11 Å². The molecule has 6 heteroatoms. The van der Waals surface area contributed by atoms with Gasteiger partial charge in [0.05, 0.1) is 7.11 Å². The zero-order valence-electron chi connectivity index (χ0n) is 12.5. The number of ether oxygens (including phenoxy) is 1. The minimum absolute atomic E-state index is 0.0840. The molecule has 0 fully saturated rings. The molecule has 4 nitrogen and oxygen atoms in total. The van der Waals surface area contributed by atoms with Crippen LogP contribution in [-0.4, -0.2) is 16.9 Å². The average molecular weight is 317 g/mol. The van der Waals surface area contributed by atoms with Crippen molar-refractivity contribution in [3.63, 3.8) is 0 Å². The van der Waals surface area contributed by atoms with E-state index in [1.807, 2.05) is 52.0 Å². The molecule has 1 N–H and O–H groups in total. The highest BCUT2D eigenvalue weighted by Gasteiger charge is 2.47. The smallest absolute Gasteiger partial charge is 0.497 e. The summed E-state index contributed by atoms with van der Waals surface area (Å²) in [7, 11) is -1.04. The molecule has 0 amide bonds. The predicted octanol–water partition coefficient (Wildman–Crippen LogP) is 4.46. The summed E-state index contributed by atoms with van der Waals surface area (Å²) < 4.78 is 21.8. The summed E-state index contributed by atoms with van der Waals surface area (Å²) in [5.74, 6) is 0.949. The Morgan fingerprint density at radius 3 is 2.00 bits per heavy atom. The minimum atomic E-state index is -2.65. The fourth-order valence-electron chi connectivity index (χ4n) is 2.08. The van der Waals surface area contributed by atoms with Gasteiger partial charge in [-0.3, -0.25) is 0 Å². The average Bonchev–Trinajstić information content (AvgIpc) is 2.37. The number of hydrogen-bond acceptors (Lipinski definition) is 4. The van der Waals surface area contributed by atoms with Gasteiger partial charge < -0.3 is 4.74 Å². The zero-order chi connectivity index (χ0) is 15.3. The summed E-state index contributed by atoms with van der Waals surface area (Å²) in [5, 5.41) is 0. The molecule has 0 aliphatic heterocycles. The topological polar surface area (TPSA) is 55.8 Å². The number of rotatable bonds is 7. The van der Waals surface area contributed by atoms with Crippen molar-refractivity contribution in [1.29, 1.82) is 0 Å². The Hall–Kier alpha value is -0.610. The van der Waals surface area contributed by atoms with Crippen molar-refractivity contribution in [2.24, 2.45) is 11.8 Å². The third-order valence-corrected chi connectivity index (χ3v) is 5.60. The molecule has 1 atom stereocenters. The van der Waals surface area contributed by atoms with Gasteiger partial charge in [-0.15, -0.1) is 9.42 Å². The molecular formula is C14H22O4PS+. The largest absolute Gasteiger partial charge is 0.696 e. The lowest BCUT2D eigenvalue weighted by atomic mass is 9.96. The normalized spacial score (nSPS) is 12.9. The Balaban J connectivity index is 3.06. The lowest BCUT2D eigenvalue weighted by Crippen LogP contribution is -2.38. The van der Waals surface area contributed by atoms with Crippen LogP contribution in [-0.2, 0) is 9.09 Å². The van der Waals surface area contributed by atoms with E-state index >= 15 is 0 Å². The summed E-state index contributed by atoms with van der Waals surface area (Å²) in [5.41, 5.74) is 0. The van der Waals surface area contributed by atoms with Crippen LogP contribution >= 0.6 is 20.0 Å². The summed E-state index contributed by atoms with van der Waals surface area (Å²) in [6.45, 7) is 7.98.